The summed E-state index contributed by atoms with van der Waals surface area (Å²) in [5, 5.41) is 12.6. The van der Waals surface area contributed by atoms with E-state index in [0.29, 0.717) is 6.61 Å². The molecule has 1 aromatic rings. The van der Waals surface area contributed by atoms with Crippen LogP contribution in [0.4, 0.5) is 0 Å². The Labute approximate surface area is 123 Å². The lowest BCUT2D eigenvalue weighted by atomic mass is 9.92. The maximum Gasteiger partial charge on any atom is 0.155 e. The van der Waals surface area contributed by atoms with Gasteiger partial charge in [-0.15, -0.1) is 0 Å². The summed E-state index contributed by atoms with van der Waals surface area (Å²) in [5.41, 5.74) is 0.209. The summed E-state index contributed by atoms with van der Waals surface area (Å²) in [6, 6.07) is 12.1. The standard InChI is InChI=1S/C17H26N2O/c1-3-4-5-6-10-13-20-15-17(14-18,19-2)16-11-8-7-9-12-16/h7-9,11-12,19H,3-6,10,13,15H2,1-2H3. The average Bonchev–Trinajstić information content (AvgIpc) is 2.52. The molecule has 0 heterocycles. The van der Waals surface area contributed by atoms with E-state index in [2.05, 4.69) is 18.3 Å². The maximum atomic E-state index is 9.51. The monoisotopic (exact) mass is 274 g/mol. The number of unbranched alkanes of at least 4 members (excludes halogenated alkanes) is 4. The van der Waals surface area contributed by atoms with E-state index in [1.54, 1.807) is 7.05 Å². The summed E-state index contributed by atoms with van der Waals surface area (Å²) in [5.74, 6) is 0. The zero-order valence-electron chi connectivity index (χ0n) is 12.7. The highest BCUT2D eigenvalue weighted by Gasteiger charge is 2.30. The van der Waals surface area contributed by atoms with E-state index >= 15 is 0 Å². The molecule has 20 heavy (non-hydrogen) atoms. The Morgan fingerprint density at radius 3 is 2.45 bits per heavy atom. The van der Waals surface area contributed by atoms with Crippen molar-refractivity contribution in [2.24, 2.45) is 0 Å². The SMILES string of the molecule is CCCCCCCOCC(C#N)(NC)c1ccccc1. The summed E-state index contributed by atoms with van der Waals surface area (Å²) in [6.07, 6.45) is 6.10. The van der Waals surface area contributed by atoms with Crippen LogP contribution in [0.25, 0.3) is 0 Å². The Morgan fingerprint density at radius 1 is 1.15 bits per heavy atom. The van der Waals surface area contributed by atoms with Gasteiger partial charge in [-0.1, -0.05) is 62.9 Å². The molecule has 1 rings (SSSR count). The maximum absolute atomic E-state index is 9.51. The van der Waals surface area contributed by atoms with E-state index < -0.39 is 5.54 Å². The molecule has 0 bridgehead atoms. The first-order chi connectivity index (χ1) is 9.79. The van der Waals surface area contributed by atoms with Gasteiger partial charge in [0.05, 0.1) is 12.7 Å². The van der Waals surface area contributed by atoms with E-state index in [9.17, 15) is 5.26 Å². The molecule has 1 atom stereocenters. The van der Waals surface area contributed by atoms with Crippen LogP contribution in [0.5, 0.6) is 0 Å². The first kappa shape index (κ1) is 16.7. The number of nitrogens with zero attached hydrogens (tertiary/aromatic N) is 1. The zero-order valence-corrected chi connectivity index (χ0v) is 12.7. The summed E-state index contributed by atoms with van der Waals surface area (Å²) in [4.78, 5) is 0. The normalized spacial score (nSPS) is 13.7. The van der Waals surface area contributed by atoms with E-state index in [-0.39, 0.29) is 0 Å². The molecule has 1 aromatic carbocycles. The van der Waals surface area contributed by atoms with Crippen LogP contribution in [0, 0.1) is 11.3 Å². The van der Waals surface area contributed by atoms with Crippen LogP contribution in [-0.4, -0.2) is 20.3 Å². The number of nitriles is 1. The minimum Gasteiger partial charge on any atom is -0.378 e. The topological polar surface area (TPSA) is 45.0 Å². The largest absolute Gasteiger partial charge is 0.378 e. The molecule has 0 aromatic heterocycles. The van der Waals surface area contributed by atoms with Crippen LogP contribution in [0.1, 0.15) is 44.6 Å². The van der Waals surface area contributed by atoms with Crippen molar-refractivity contribution in [2.45, 2.75) is 44.6 Å². The van der Waals surface area contributed by atoms with Crippen molar-refractivity contribution in [1.82, 2.24) is 5.32 Å². The second kappa shape index (κ2) is 9.52. The number of hydrogen-bond acceptors (Lipinski definition) is 3. The Kier molecular flexibility index (Phi) is 7.94. The molecular formula is C17H26N2O. The molecule has 0 aliphatic rings. The van der Waals surface area contributed by atoms with Gasteiger partial charge in [-0.05, 0) is 19.0 Å². The average molecular weight is 274 g/mol. The van der Waals surface area contributed by atoms with Crippen molar-refractivity contribution < 1.29 is 4.74 Å². The molecule has 0 aliphatic carbocycles. The van der Waals surface area contributed by atoms with Crippen LogP contribution in [0.3, 0.4) is 0 Å². The van der Waals surface area contributed by atoms with Crippen molar-refractivity contribution in [3.8, 4) is 6.07 Å². The third-order valence-electron chi connectivity index (χ3n) is 3.60. The highest BCUT2D eigenvalue weighted by molar-refractivity contribution is 5.31. The van der Waals surface area contributed by atoms with E-state index in [1.807, 2.05) is 30.3 Å². The molecule has 0 saturated heterocycles. The fourth-order valence-electron chi connectivity index (χ4n) is 2.21. The van der Waals surface area contributed by atoms with Gasteiger partial charge in [-0.3, -0.25) is 5.32 Å². The third kappa shape index (κ3) is 4.96. The number of benzene rings is 1. The lowest BCUT2D eigenvalue weighted by molar-refractivity contribution is 0.0884. The van der Waals surface area contributed by atoms with Crippen LogP contribution >= 0.6 is 0 Å². The number of ether oxygens (including phenoxy) is 1. The van der Waals surface area contributed by atoms with Gasteiger partial charge in [-0.25, -0.2) is 0 Å². The summed E-state index contributed by atoms with van der Waals surface area (Å²) in [7, 11) is 1.81. The number of likely N-dealkylation sites (N-methyl/N-ethyl adjacent to an activating group) is 1. The summed E-state index contributed by atoms with van der Waals surface area (Å²) < 4.78 is 5.73. The van der Waals surface area contributed by atoms with Crippen molar-refractivity contribution in [2.75, 3.05) is 20.3 Å². The first-order valence-electron chi connectivity index (χ1n) is 7.52. The van der Waals surface area contributed by atoms with Crippen molar-refractivity contribution >= 4 is 0 Å². The fraction of sp³-hybridized carbons (Fsp3) is 0.588. The second-order valence-corrected chi connectivity index (χ2v) is 5.10. The zero-order chi connectivity index (χ0) is 14.7. The fourth-order valence-corrected chi connectivity index (χ4v) is 2.21. The van der Waals surface area contributed by atoms with Gasteiger partial charge in [0.2, 0.25) is 0 Å². The van der Waals surface area contributed by atoms with E-state index in [0.717, 1.165) is 18.6 Å². The third-order valence-corrected chi connectivity index (χ3v) is 3.60. The summed E-state index contributed by atoms with van der Waals surface area (Å²) >= 11 is 0. The van der Waals surface area contributed by atoms with Gasteiger partial charge in [0.1, 0.15) is 0 Å². The van der Waals surface area contributed by atoms with Crippen LogP contribution in [-0.2, 0) is 10.3 Å². The van der Waals surface area contributed by atoms with Crippen LogP contribution in [0.2, 0.25) is 0 Å². The lowest BCUT2D eigenvalue weighted by Crippen LogP contribution is -2.43. The number of rotatable bonds is 10. The minimum absolute atomic E-state index is 0.387. The Bertz CT molecular complexity index is 399. The quantitative estimate of drug-likeness (QED) is 0.663. The Morgan fingerprint density at radius 2 is 1.85 bits per heavy atom. The van der Waals surface area contributed by atoms with Gasteiger partial charge >= 0.3 is 0 Å². The van der Waals surface area contributed by atoms with E-state index in [1.165, 1.54) is 25.7 Å². The molecule has 3 heteroatoms. The highest BCUT2D eigenvalue weighted by Crippen LogP contribution is 2.20. The molecule has 0 radical (unpaired) electrons. The van der Waals surface area contributed by atoms with E-state index in [4.69, 9.17) is 4.74 Å². The molecular weight excluding hydrogens is 248 g/mol. The van der Waals surface area contributed by atoms with Gasteiger partial charge in [-0.2, -0.15) is 5.26 Å². The predicted molar refractivity (Wildman–Crippen MR) is 82.4 cm³/mol. The number of nitrogens with one attached hydrogen (secondary N) is 1. The van der Waals surface area contributed by atoms with Gasteiger partial charge in [0, 0.05) is 6.61 Å². The molecule has 0 amide bonds. The molecule has 0 aliphatic heterocycles. The number of hydrogen-bond donors (Lipinski definition) is 1. The highest BCUT2D eigenvalue weighted by atomic mass is 16.5. The van der Waals surface area contributed by atoms with Crippen molar-refractivity contribution in [1.29, 1.82) is 5.26 Å². The summed E-state index contributed by atoms with van der Waals surface area (Å²) in [6.45, 7) is 3.32. The molecule has 1 unspecified atom stereocenters. The van der Waals surface area contributed by atoms with Gasteiger partial charge in [0.15, 0.2) is 5.54 Å². The Balaban J connectivity index is 2.43. The van der Waals surface area contributed by atoms with Gasteiger partial charge < -0.3 is 4.74 Å². The van der Waals surface area contributed by atoms with Crippen molar-refractivity contribution in [3.05, 3.63) is 35.9 Å². The molecule has 1 N–H and O–H groups in total. The minimum atomic E-state index is -0.745. The van der Waals surface area contributed by atoms with Crippen molar-refractivity contribution in [3.63, 3.8) is 0 Å². The lowest BCUT2D eigenvalue weighted by Gasteiger charge is -2.26. The Hall–Kier alpha value is -1.37. The van der Waals surface area contributed by atoms with Gasteiger partial charge in [0.25, 0.3) is 0 Å². The smallest absolute Gasteiger partial charge is 0.155 e. The first-order valence-corrected chi connectivity index (χ1v) is 7.52. The molecule has 0 spiro atoms. The predicted octanol–water partition coefficient (Wildman–Crippen LogP) is 3.61. The second-order valence-electron chi connectivity index (χ2n) is 5.10. The van der Waals surface area contributed by atoms with Crippen LogP contribution < -0.4 is 5.32 Å². The molecule has 0 saturated carbocycles. The molecule has 110 valence electrons. The molecule has 3 nitrogen and oxygen atoms in total. The van der Waals surface area contributed by atoms with Crippen LogP contribution in [0.15, 0.2) is 30.3 Å². The molecule has 0 fully saturated rings.